The molecular weight excluding hydrogens is 240 g/mol. The molecule has 0 amide bonds. The van der Waals surface area contributed by atoms with Crippen LogP contribution in [0.15, 0.2) is 0 Å². The van der Waals surface area contributed by atoms with Crippen molar-refractivity contribution in [3.05, 3.63) is 0 Å². The van der Waals surface area contributed by atoms with Crippen LogP contribution < -0.4 is 0 Å². The van der Waals surface area contributed by atoms with Crippen molar-refractivity contribution >= 4 is 0 Å². The van der Waals surface area contributed by atoms with Crippen LogP contribution >= 0.6 is 0 Å². The monoisotopic (exact) mass is 270 g/mol. The Kier molecular flexibility index (Phi) is 5.23. The zero-order valence-corrected chi connectivity index (χ0v) is 12.8. The Morgan fingerprint density at radius 1 is 1.16 bits per heavy atom. The van der Waals surface area contributed by atoms with E-state index in [1.165, 1.54) is 25.8 Å². The zero-order valence-electron chi connectivity index (χ0n) is 12.8. The number of hydrogen-bond donors (Lipinski definition) is 1. The minimum Gasteiger partial charge on any atom is -0.389 e. The maximum Gasteiger partial charge on any atom is 0.0900 e. The molecule has 1 aliphatic heterocycles. The topological polar surface area (TPSA) is 35.9 Å². The molecule has 0 spiro atoms. The van der Waals surface area contributed by atoms with Crippen molar-refractivity contribution in [3.8, 4) is 0 Å². The standard InChI is InChI=1S/C15H30N2O2/c1-15(2,3)19-12-14(18)11-16-7-4-8-17(10-9-16)13-5-6-13/h13-14,18H,4-12H2,1-3H3/t14-/m0/s1. The highest BCUT2D eigenvalue weighted by Gasteiger charge is 2.30. The Balaban J connectivity index is 1.67. The molecule has 112 valence electrons. The zero-order chi connectivity index (χ0) is 13.9. The third kappa shape index (κ3) is 5.78. The lowest BCUT2D eigenvalue weighted by Gasteiger charge is -2.26. The lowest BCUT2D eigenvalue weighted by atomic mass is 10.2. The molecule has 0 bridgehead atoms. The average molecular weight is 270 g/mol. The first kappa shape index (κ1) is 15.2. The molecule has 1 aliphatic carbocycles. The summed E-state index contributed by atoms with van der Waals surface area (Å²) in [6.45, 7) is 11.9. The summed E-state index contributed by atoms with van der Waals surface area (Å²) in [5.41, 5.74) is -0.164. The van der Waals surface area contributed by atoms with Gasteiger partial charge in [-0.05, 0) is 53.1 Å². The molecule has 0 aromatic heterocycles. The first-order valence-electron chi connectivity index (χ1n) is 7.72. The van der Waals surface area contributed by atoms with Gasteiger partial charge in [0, 0.05) is 25.7 Å². The van der Waals surface area contributed by atoms with E-state index in [0.717, 1.165) is 32.2 Å². The second kappa shape index (κ2) is 6.53. The summed E-state index contributed by atoms with van der Waals surface area (Å²) < 4.78 is 5.65. The summed E-state index contributed by atoms with van der Waals surface area (Å²) in [7, 11) is 0. The van der Waals surface area contributed by atoms with Gasteiger partial charge in [-0.1, -0.05) is 0 Å². The Morgan fingerprint density at radius 2 is 1.89 bits per heavy atom. The minimum absolute atomic E-state index is 0.164. The van der Waals surface area contributed by atoms with Crippen LogP contribution in [0.3, 0.4) is 0 Å². The molecule has 1 saturated carbocycles. The minimum atomic E-state index is -0.369. The van der Waals surface area contributed by atoms with Crippen LogP contribution in [0, 0.1) is 0 Å². The normalized spacial score (nSPS) is 25.3. The Hall–Kier alpha value is -0.160. The van der Waals surface area contributed by atoms with Crippen LogP contribution in [-0.2, 0) is 4.74 Å². The molecule has 0 aromatic carbocycles. The van der Waals surface area contributed by atoms with Crippen LogP contribution in [0.2, 0.25) is 0 Å². The third-order valence-corrected chi connectivity index (χ3v) is 3.86. The molecular formula is C15H30N2O2. The van der Waals surface area contributed by atoms with Crippen LogP contribution in [-0.4, -0.2) is 72.0 Å². The number of aliphatic hydroxyl groups is 1. The third-order valence-electron chi connectivity index (χ3n) is 3.86. The molecule has 4 nitrogen and oxygen atoms in total. The molecule has 2 fully saturated rings. The summed E-state index contributed by atoms with van der Waals surface area (Å²) in [5.74, 6) is 0. The van der Waals surface area contributed by atoms with Crippen LogP contribution in [0.25, 0.3) is 0 Å². The lowest BCUT2D eigenvalue weighted by molar-refractivity contribution is -0.0558. The molecule has 1 saturated heterocycles. The van der Waals surface area contributed by atoms with Crippen LogP contribution in [0.4, 0.5) is 0 Å². The summed E-state index contributed by atoms with van der Waals surface area (Å²) in [6.07, 6.45) is 3.64. The summed E-state index contributed by atoms with van der Waals surface area (Å²) >= 11 is 0. The molecule has 2 aliphatic rings. The van der Waals surface area contributed by atoms with Gasteiger partial charge in [0.25, 0.3) is 0 Å². The average Bonchev–Trinajstić information content (AvgIpc) is 3.11. The van der Waals surface area contributed by atoms with Gasteiger partial charge in [0.1, 0.15) is 0 Å². The summed E-state index contributed by atoms with van der Waals surface area (Å²) in [4.78, 5) is 5.01. The summed E-state index contributed by atoms with van der Waals surface area (Å²) in [5, 5.41) is 10.1. The van der Waals surface area contributed by atoms with Gasteiger partial charge in [-0.3, -0.25) is 9.80 Å². The molecule has 1 heterocycles. The van der Waals surface area contributed by atoms with Crippen LogP contribution in [0.5, 0.6) is 0 Å². The van der Waals surface area contributed by atoms with Crippen molar-refractivity contribution in [2.45, 2.75) is 57.8 Å². The molecule has 4 heteroatoms. The number of hydrogen-bond acceptors (Lipinski definition) is 4. The van der Waals surface area contributed by atoms with E-state index in [1.54, 1.807) is 0 Å². The smallest absolute Gasteiger partial charge is 0.0900 e. The van der Waals surface area contributed by atoms with Gasteiger partial charge in [0.2, 0.25) is 0 Å². The molecule has 0 unspecified atom stereocenters. The van der Waals surface area contributed by atoms with E-state index in [4.69, 9.17) is 4.74 Å². The van der Waals surface area contributed by atoms with E-state index in [0.29, 0.717) is 6.61 Å². The second-order valence-electron chi connectivity index (χ2n) is 7.00. The highest BCUT2D eigenvalue weighted by atomic mass is 16.5. The predicted molar refractivity (Wildman–Crippen MR) is 77.4 cm³/mol. The van der Waals surface area contributed by atoms with Crippen LogP contribution in [0.1, 0.15) is 40.0 Å². The quantitative estimate of drug-likeness (QED) is 0.818. The van der Waals surface area contributed by atoms with Crippen molar-refractivity contribution in [2.75, 3.05) is 39.3 Å². The van der Waals surface area contributed by atoms with Crippen molar-refractivity contribution in [1.82, 2.24) is 9.80 Å². The molecule has 19 heavy (non-hydrogen) atoms. The predicted octanol–water partition coefficient (Wildman–Crippen LogP) is 1.33. The molecule has 0 radical (unpaired) electrons. The van der Waals surface area contributed by atoms with Gasteiger partial charge >= 0.3 is 0 Å². The van der Waals surface area contributed by atoms with E-state index in [2.05, 4.69) is 9.80 Å². The van der Waals surface area contributed by atoms with E-state index in [9.17, 15) is 5.11 Å². The Bertz CT molecular complexity index is 274. The second-order valence-corrected chi connectivity index (χ2v) is 7.00. The van der Waals surface area contributed by atoms with Crippen molar-refractivity contribution < 1.29 is 9.84 Å². The lowest BCUT2D eigenvalue weighted by Crippen LogP contribution is -2.39. The van der Waals surface area contributed by atoms with Gasteiger partial charge in [-0.15, -0.1) is 0 Å². The molecule has 2 rings (SSSR count). The van der Waals surface area contributed by atoms with Gasteiger partial charge in [-0.25, -0.2) is 0 Å². The van der Waals surface area contributed by atoms with Gasteiger partial charge in [0.05, 0.1) is 18.3 Å². The van der Waals surface area contributed by atoms with E-state index in [-0.39, 0.29) is 11.7 Å². The Morgan fingerprint density at radius 3 is 2.53 bits per heavy atom. The fourth-order valence-corrected chi connectivity index (χ4v) is 2.68. The number of aliphatic hydroxyl groups excluding tert-OH is 1. The molecule has 0 aromatic rings. The van der Waals surface area contributed by atoms with Gasteiger partial charge < -0.3 is 9.84 Å². The number of nitrogens with zero attached hydrogens (tertiary/aromatic N) is 2. The number of β-amino-alcohol motifs (C(OH)–C–C–N with tert-alkyl or cyclic N) is 1. The van der Waals surface area contributed by atoms with Crippen molar-refractivity contribution in [2.24, 2.45) is 0 Å². The van der Waals surface area contributed by atoms with Crippen molar-refractivity contribution in [1.29, 1.82) is 0 Å². The van der Waals surface area contributed by atoms with Gasteiger partial charge in [-0.2, -0.15) is 0 Å². The highest BCUT2D eigenvalue weighted by molar-refractivity contribution is 4.86. The largest absolute Gasteiger partial charge is 0.389 e. The SMILES string of the molecule is CC(C)(C)OC[C@@H](O)CN1CCCN(C2CC2)CC1. The van der Waals surface area contributed by atoms with E-state index in [1.807, 2.05) is 20.8 Å². The number of ether oxygens (including phenoxy) is 1. The fraction of sp³-hybridized carbons (Fsp3) is 1.00. The Labute approximate surface area is 117 Å². The van der Waals surface area contributed by atoms with E-state index < -0.39 is 0 Å². The van der Waals surface area contributed by atoms with E-state index >= 15 is 0 Å². The number of rotatable bonds is 5. The fourth-order valence-electron chi connectivity index (χ4n) is 2.68. The molecule has 1 N–H and O–H groups in total. The van der Waals surface area contributed by atoms with Crippen molar-refractivity contribution in [3.63, 3.8) is 0 Å². The highest BCUT2D eigenvalue weighted by Crippen LogP contribution is 2.27. The van der Waals surface area contributed by atoms with Gasteiger partial charge in [0.15, 0.2) is 0 Å². The first-order valence-corrected chi connectivity index (χ1v) is 7.72. The summed E-state index contributed by atoms with van der Waals surface area (Å²) in [6, 6.07) is 0.870. The molecule has 1 atom stereocenters. The first-order chi connectivity index (χ1) is 8.94. The maximum absolute atomic E-state index is 10.1. The maximum atomic E-state index is 10.1.